The average molecular weight is 276 g/mol. The minimum atomic E-state index is 0.129. The van der Waals surface area contributed by atoms with Crippen molar-refractivity contribution < 1.29 is 4.79 Å². The third-order valence-electron chi connectivity index (χ3n) is 3.24. The Labute approximate surface area is 122 Å². The highest BCUT2D eigenvalue weighted by molar-refractivity contribution is 5.76. The van der Waals surface area contributed by atoms with Crippen LogP contribution in [0.5, 0.6) is 0 Å². The van der Waals surface area contributed by atoms with Crippen LogP contribution in [-0.4, -0.2) is 5.91 Å². The number of carbonyl (C=O) groups excluding carboxylic acids is 1. The molecule has 0 aliphatic carbocycles. The van der Waals surface area contributed by atoms with Crippen molar-refractivity contribution in [2.24, 2.45) is 17.1 Å². The summed E-state index contributed by atoms with van der Waals surface area (Å²) in [6, 6.07) is 8.04. The Kier molecular flexibility index (Phi) is 6.21. The standard InChI is InChI=1S/C17H28N2O/c1-13(10-17(2,3)4)9-16(20)19-12-15-7-5-14(11-18)6-8-15/h5-8,13H,9-12,18H2,1-4H3,(H,19,20). The van der Waals surface area contributed by atoms with E-state index in [1.165, 1.54) is 0 Å². The number of rotatable bonds is 6. The first-order valence-corrected chi connectivity index (χ1v) is 7.35. The van der Waals surface area contributed by atoms with Crippen molar-refractivity contribution in [3.05, 3.63) is 35.4 Å². The van der Waals surface area contributed by atoms with Gasteiger partial charge in [-0.1, -0.05) is 52.0 Å². The normalized spacial score (nSPS) is 13.1. The lowest BCUT2D eigenvalue weighted by atomic mass is 9.84. The summed E-state index contributed by atoms with van der Waals surface area (Å²) < 4.78 is 0. The summed E-state index contributed by atoms with van der Waals surface area (Å²) in [5.41, 5.74) is 8.05. The fourth-order valence-electron chi connectivity index (χ4n) is 2.50. The molecule has 1 aromatic rings. The van der Waals surface area contributed by atoms with Crippen molar-refractivity contribution in [3.8, 4) is 0 Å². The summed E-state index contributed by atoms with van der Waals surface area (Å²) in [4.78, 5) is 11.9. The molecule has 1 atom stereocenters. The summed E-state index contributed by atoms with van der Waals surface area (Å²) in [7, 11) is 0. The van der Waals surface area contributed by atoms with E-state index in [1.807, 2.05) is 24.3 Å². The third-order valence-corrected chi connectivity index (χ3v) is 3.24. The molecule has 0 bridgehead atoms. The zero-order valence-electron chi connectivity index (χ0n) is 13.2. The molecule has 0 spiro atoms. The van der Waals surface area contributed by atoms with Gasteiger partial charge in [-0.05, 0) is 28.9 Å². The van der Waals surface area contributed by atoms with Gasteiger partial charge in [-0.15, -0.1) is 0 Å². The molecule has 1 amide bonds. The summed E-state index contributed by atoms with van der Waals surface area (Å²) in [6.07, 6.45) is 1.66. The fourth-order valence-corrected chi connectivity index (χ4v) is 2.50. The van der Waals surface area contributed by atoms with E-state index < -0.39 is 0 Å². The van der Waals surface area contributed by atoms with E-state index in [-0.39, 0.29) is 11.3 Å². The van der Waals surface area contributed by atoms with Gasteiger partial charge in [-0.2, -0.15) is 0 Å². The Balaban J connectivity index is 2.35. The van der Waals surface area contributed by atoms with E-state index in [0.29, 0.717) is 25.4 Å². The number of hydrogen-bond donors (Lipinski definition) is 2. The van der Waals surface area contributed by atoms with E-state index in [4.69, 9.17) is 5.73 Å². The van der Waals surface area contributed by atoms with Crippen molar-refractivity contribution >= 4 is 5.91 Å². The first kappa shape index (κ1) is 16.7. The van der Waals surface area contributed by atoms with Crippen LogP contribution in [0, 0.1) is 11.3 Å². The van der Waals surface area contributed by atoms with Crippen molar-refractivity contribution in [2.45, 2.75) is 53.6 Å². The van der Waals surface area contributed by atoms with Crippen LogP contribution in [0.25, 0.3) is 0 Å². The molecule has 0 saturated heterocycles. The van der Waals surface area contributed by atoms with Crippen LogP contribution in [0.15, 0.2) is 24.3 Å². The molecule has 0 aliphatic heterocycles. The Morgan fingerprint density at radius 1 is 1.20 bits per heavy atom. The van der Waals surface area contributed by atoms with Crippen LogP contribution in [0.2, 0.25) is 0 Å². The molecule has 0 aliphatic rings. The largest absolute Gasteiger partial charge is 0.352 e. The third kappa shape index (κ3) is 6.71. The number of benzene rings is 1. The fraction of sp³-hybridized carbons (Fsp3) is 0.588. The van der Waals surface area contributed by atoms with E-state index in [2.05, 4.69) is 33.0 Å². The quantitative estimate of drug-likeness (QED) is 0.838. The summed E-state index contributed by atoms with van der Waals surface area (Å²) in [5.74, 6) is 0.541. The molecule has 20 heavy (non-hydrogen) atoms. The molecular weight excluding hydrogens is 248 g/mol. The zero-order chi connectivity index (χ0) is 15.2. The van der Waals surface area contributed by atoms with Gasteiger partial charge in [-0.3, -0.25) is 4.79 Å². The van der Waals surface area contributed by atoms with Crippen LogP contribution in [0.4, 0.5) is 0 Å². The SMILES string of the molecule is CC(CC(=O)NCc1ccc(CN)cc1)CC(C)(C)C. The molecule has 0 heterocycles. The lowest BCUT2D eigenvalue weighted by Gasteiger charge is -2.22. The molecule has 0 saturated carbocycles. The predicted molar refractivity (Wildman–Crippen MR) is 84.0 cm³/mol. The van der Waals surface area contributed by atoms with Crippen LogP contribution in [0.3, 0.4) is 0 Å². The van der Waals surface area contributed by atoms with E-state index in [1.54, 1.807) is 0 Å². The lowest BCUT2D eigenvalue weighted by molar-refractivity contribution is -0.122. The van der Waals surface area contributed by atoms with Crippen LogP contribution in [-0.2, 0) is 17.9 Å². The van der Waals surface area contributed by atoms with Gasteiger partial charge in [0.2, 0.25) is 5.91 Å². The second-order valence-corrected chi connectivity index (χ2v) is 6.87. The smallest absolute Gasteiger partial charge is 0.220 e. The van der Waals surface area contributed by atoms with Crippen LogP contribution < -0.4 is 11.1 Å². The van der Waals surface area contributed by atoms with Crippen molar-refractivity contribution in [1.82, 2.24) is 5.32 Å². The van der Waals surface area contributed by atoms with Crippen molar-refractivity contribution in [1.29, 1.82) is 0 Å². The number of amides is 1. The maximum atomic E-state index is 11.9. The molecule has 1 aromatic carbocycles. The minimum Gasteiger partial charge on any atom is -0.352 e. The number of carbonyl (C=O) groups is 1. The Morgan fingerprint density at radius 2 is 1.75 bits per heavy atom. The molecule has 0 radical (unpaired) electrons. The summed E-state index contributed by atoms with van der Waals surface area (Å²) in [6.45, 7) is 9.91. The van der Waals surface area contributed by atoms with Crippen molar-refractivity contribution in [2.75, 3.05) is 0 Å². The molecule has 0 aromatic heterocycles. The molecule has 112 valence electrons. The Morgan fingerprint density at radius 3 is 2.25 bits per heavy atom. The molecule has 3 nitrogen and oxygen atoms in total. The number of nitrogens with one attached hydrogen (secondary N) is 1. The van der Waals surface area contributed by atoms with E-state index in [0.717, 1.165) is 17.5 Å². The van der Waals surface area contributed by atoms with Gasteiger partial charge in [0.25, 0.3) is 0 Å². The molecular formula is C17H28N2O. The highest BCUT2D eigenvalue weighted by Crippen LogP contribution is 2.25. The summed E-state index contributed by atoms with van der Waals surface area (Å²) >= 11 is 0. The first-order chi connectivity index (χ1) is 9.30. The molecule has 1 rings (SSSR count). The van der Waals surface area contributed by atoms with E-state index >= 15 is 0 Å². The second-order valence-electron chi connectivity index (χ2n) is 6.87. The molecule has 3 heteroatoms. The van der Waals surface area contributed by atoms with Crippen LogP contribution >= 0.6 is 0 Å². The summed E-state index contributed by atoms with van der Waals surface area (Å²) in [5, 5.41) is 2.98. The highest BCUT2D eigenvalue weighted by Gasteiger charge is 2.17. The van der Waals surface area contributed by atoms with Gasteiger partial charge in [0.05, 0.1) is 0 Å². The first-order valence-electron chi connectivity index (χ1n) is 7.35. The highest BCUT2D eigenvalue weighted by atomic mass is 16.1. The maximum Gasteiger partial charge on any atom is 0.220 e. The predicted octanol–water partition coefficient (Wildman–Crippen LogP) is 3.22. The van der Waals surface area contributed by atoms with Gasteiger partial charge >= 0.3 is 0 Å². The van der Waals surface area contributed by atoms with Gasteiger partial charge in [0.1, 0.15) is 0 Å². The number of nitrogens with two attached hydrogens (primary N) is 1. The second kappa shape index (κ2) is 7.44. The van der Waals surface area contributed by atoms with E-state index in [9.17, 15) is 4.79 Å². The molecule has 1 unspecified atom stereocenters. The molecule has 0 fully saturated rings. The number of hydrogen-bond acceptors (Lipinski definition) is 2. The Bertz CT molecular complexity index is 418. The van der Waals surface area contributed by atoms with Crippen LogP contribution in [0.1, 0.15) is 51.7 Å². The topological polar surface area (TPSA) is 55.1 Å². The lowest BCUT2D eigenvalue weighted by Crippen LogP contribution is -2.25. The average Bonchev–Trinajstić information content (AvgIpc) is 2.34. The minimum absolute atomic E-state index is 0.129. The monoisotopic (exact) mass is 276 g/mol. The van der Waals surface area contributed by atoms with Crippen molar-refractivity contribution in [3.63, 3.8) is 0 Å². The molecule has 3 N–H and O–H groups in total. The van der Waals surface area contributed by atoms with Gasteiger partial charge < -0.3 is 11.1 Å². The zero-order valence-corrected chi connectivity index (χ0v) is 13.2. The Hall–Kier alpha value is -1.35. The van der Waals surface area contributed by atoms with Gasteiger partial charge in [0, 0.05) is 19.5 Å². The van der Waals surface area contributed by atoms with Gasteiger partial charge in [-0.25, -0.2) is 0 Å². The van der Waals surface area contributed by atoms with Gasteiger partial charge in [0.15, 0.2) is 0 Å². The maximum absolute atomic E-state index is 11.9.